The van der Waals surface area contributed by atoms with Gasteiger partial charge in [-0.3, -0.25) is 14.4 Å². The Balaban J connectivity index is 2.15. The smallest absolute Gasteiger partial charge is 0.253 e. The van der Waals surface area contributed by atoms with E-state index in [1.807, 2.05) is 58.0 Å². The Kier molecular flexibility index (Phi) is 8.59. The van der Waals surface area contributed by atoms with E-state index in [9.17, 15) is 14.4 Å². The van der Waals surface area contributed by atoms with Crippen molar-refractivity contribution < 1.29 is 14.4 Å². The second-order valence-electron chi connectivity index (χ2n) is 7.55. The van der Waals surface area contributed by atoms with Crippen LogP contribution >= 0.6 is 0 Å². The van der Waals surface area contributed by atoms with Crippen molar-refractivity contribution in [3.63, 3.8) is 0 Å². The Bertz CT molecular complexity index is 844. The molecule has 0 saturated heterocycles. The Morgan fingerprint density at radius 2 is 1.50 bits per heavy atom. The van der Waals surface area contributed by atoms with Gasteiger partial charge in [0.15, 0.2) is 0 Å². The Morgan fingerprint density at radius 3 is 2.03 bits per heavy atom. The molecule has 1 atom stereocenters. The molecule has 0 heterocycles. The lowest BCUT2D eigenvalue weighted by molar-refractivity contribution is -0.127. The normalized spacial score (nSPS) is 11.6. The van der Waals surface area contributed by atoms with Gasteiger partial charge in [0.1, 0.15) is 6.04 Å². The summed E-state index contributed by atoms with van der Waals surface area (Å²) >= 11 is 0. The van der Waals surface area contributed by atoms with E-state index in [-0.39, 0.29) is 23.6 Å². The Morgan fingerprint density at radius 1 is 0.900 bits per heavy atom. The highest BCUT2D eigenvalue weighted by Gasteiger charge is 2.23. The molecule has 0 aliphatic heterocycles. The fourth-order valence-electron chi connectivity index (χ4n) is 3.14. The van der Waals surface area contributed by atoms with E-state index in [1.54, 1.807) is 29.2 Å². The zero-order valence-electron chi connectivity index (χ0n) is 18.1. The van der Waals surface area contributed by atoms with E-state index >= 15 is 0 Å². The molecule has 30 heavy (non-hydrogen) atoms. The van der Waals surface area contributed by atoms with Crippen molar-refractivity contribution in [2.45, 2.75) is 40.2 Å². The van der Waals surface area contributed by atoms with Crippen LogP contribution in [0.25, 0.3) is 0 Å². The summed E-state index contributed by atoms with van der Waals surface area (Å²) in [4.78, 5) is 39.4. The number of amides is 3. The third-order valence-electron chi connectivity index (χ3n) is 4.74. The van der Waals surface area contributed by atoms with Crippen LogP contribution in [-0.4, -0.2) is 35.7 Å². The van der Waals surface area contributed by atoms with E-state index in [2.05, 4.69) is 10.6 Å². The molecule has 2 aromatic rings. The molecule has 0 aliphatic rings. The van der Waals surface area contributed by atoms with Crippen molar-refractivity contribution >= 4 is 23.4 Å². The molecule has 1 unspecified atom stereocenters. The van der Waals surface area contributed by atoms with E-state index in [1.165, 1.54) is 0 Å². The lowest BCUT2D eigenvalue weighted by Gasteiger charge is -2.20. The first-order valence-electron chi connectivity index (χ1n) is 10.4. The van der Waals surface area contributed by atoms with Crippen LogP contribution < -0.4 is 10.6 Å². The van der Waals surface area contributed by atoms with Crippen LogP contribution in [0.1, 0.15) is 56.1 Å². The van der Waals surface area contributed by atoms with Crippen molar-refractivity contribution in [2.75, 3.05) is 18.4 Å². The van der Waals surface area contributed by atoms with Gasteiger partial charge in [0, 0.05) is 30.8 Å². The number of carbonyl (C=O) groups is 3. The summed E-state index contributed by atoms with van der Waals surface area (Å²) in [6, 6.07) is 15.2. The van der Waals surface area contributed by atoms with Gasteiger partial charge in [0.05, 0.1) is 0 Å². The van der Waals surface area contributed by atoms with Crippen molar-refractivity contribution in [3.8, 4) is 0 Å². The molecule has 6 heteroatoms. The van der Waals surface area contributed by atoms with Crippen molar-refractivity contribution in [1.29, 1.82) is 0 Å². The van der Waals surface area contributed by atoms with Crippen LogP contribution in [0.5, 0.6) is 0 Å². The van der Waals surface area contributed by atoms with Gasteiger partial charge in [-0.25, -0.2) is 0 Å². The number of hydrogen-bond acceptors (Lipinski definition) is 3. The molecule has 0 spiro atoms. The number of benzene rings is 2. The fraction of sp³-hybridized carbons (Fsp3) is 0.375. The molecule has 2 rings (SSSR count). The predicted molar refractivity (Wildman–Crippen MR) is 119 cm³/mol. The molecule has 0 aliphatic carbocycles. The molecule has 0 saturated carbocycles. The second-order valence-corrected chi connectivity index (χ2v) is 7.55. The first kappa shape index (κ1) is 23.1. The highest BCUT2D eigenvalue weighted by atomic mass is 16.2. The third-order valence-corrected chi connectivity index (χ3v) is 4.74. The van der Waals surface area contributed by atoms with Crippen LogP contribution in [0, 0.1) is 5.92 Å². The summed E-state index contributed by atoms with van der Waals surface area (Å²) in [7, 11) is 0. The fourth-order valence-corrected chi connectivity index (χ4v) is 3.14. The van der Waals surface area contributed by atoms with Gasteiger partial charge in [-0.15, -0.1) is 0 Å². The SMILES string of the molecule is CCN(CC)C(=O)c1ccc(NC(=O)C(NC(=O)CC(C)C)c2ccccc2)cc1. The molecule has 3 amide bonds. The molecule has 0 fully saturated rings. The van der Waals surface area contributed by atoms with Crippen LogP contribution in [0.4, 0.5) is 5.69 Å². The number of hydrogen-bond donors (Lipinski definition) is 2. The molecule has 0 bridgehead atoms. The monoisotopic (exact) mass is 409 g/mol. The molecule has 2 N–H and O–H groups in total. The maximum absolute atomic E-state index is 13.0. The standard InChI is InChI=1S/C24H31N3O3/c1-5-27(6-2)24(30)19-12-14-20(15-13-19)25-23(29)22(18-10-8-7-9-11-18)26-21(28)16-17(3)4/h7-15,17,22H,5-6,16H2,1-4H3,(H,25,29)(H,26,28). The lowest BCUT2D eigenvalue weighted by Crippen LogP contribution is -2.37. The number of anilines is 1. The van der Waals surface area contributed by atoms with E-state index in [0.717, 1.165) is 0 Å². The highest BCUT2D eigenvalue weighted by Crippen LogP contribution is 2.18. The van der Waals surface area contributed by atoms with Gasteiger partial charge in [-0.05, 0) is 49.6 Å². The molecular weight excluding hydrogens is 378 g/mol. The van der Waals surface area contributed by atoms with Crippen molar-refractivity contribution in [3.05, 3.63) is 65.7 Å². The quantitative estimate of drug-likeness (QED) is 0.657. The summed E-state index contributed by atoms with van der Waals surface area (Å²) in [5.74, 6) is -0.350. The largest absolute Gasteiger partial charge is 0.341 e. The Labute approximate surface area is 178 Å². The van der Waals surface area contributed by atoms with Gasteiger partial charge in [0.2, 0.25) is 5.91 Å². The van der Waals surface area contributed by atoms with Crippen molar-refractivity contribution in [1.82, 2.24) is 10.2 Å². The van der Waals surface area contributed by atoms with Gasteiger partial charge in [-0.2, -0.15) is 0 Å². The topological polar surface area (TPSA) is 78.5 Å². The first-order valence-corrected chi connectivity index (χ1v) is 10.4. The summed E-state index contributed by atoms with van der Waals surface area (Å²) in [5, 5.41) is 5.68. The van der Waals surface area contributed by atoms with Crippen LogP contribution in [0.2, 0.25) is 0 Å². The molecule has 0 radical (unpaired) electrons. The summed E-state index contributed by atoms with van der Waals surface area (Å²) in [6.07, 6.45) is 0.346. The number of nitrogens with zero attached hydrogens (tertiary/aromatic N) is 1. The minimum absolute atomic E-state index is 0.0408. The van der Waals surface area contributed by atoms with Crippen molar-refractivity contribution in [2.24, 2.45) is 5.92 Å². The molecular formula is C24H31N3O3. The van der Waals surface area contributed by atoms with E-state index < -0.39 is 6.04 Å². The van der Waals surface area contributed by atoms with Crippen LogP contribution in [0.15, 0.2) is 54.6 Å². The number of nitrogens with one attached hydrogen (secondary N) is 2. The average molecular weight is 410 g/mol. The highest BCUT2D eigenvalue weighted by molar-refractivity contribution is 5.99. The lowest BCUT2D eigenvalue weighted by atomic mass is 10.0. The Hall–Kier alpha value is -3.15. The van der Waals surface area contributed by atoms with E-state index in [4.69, 9.17) is 0 Å². The van der Waals surface area contributed by atoms with Crippen LogP contribution in [-0.2, 0) is 9.59 Å². The van der Waals surface area contributed by atoms with Gasteiger partial charge < -0.3 is 15.5 Å². The zero-order valence-corrected chi connectivity index (χ0v) is 18.1. The molecule has 6 nitrogen and oxygen atoms in total. The second kappa shape index (κ2) is 11.1. The summed E-state index contributed by atoms with van der Waals surface area (Å²) in [5.41, 5.74) is 1.84. The van der Waals surface area contributed by atoms with Gasteiger partial charge in [0.25, 0.3) is 11.8 Å². The van der Waals surface area contributed by atoms with Crippen LogP contribution in [0.3, 0.4) is 0 Å². The molecule has 2 aromatic carbocycles. The minimum atomic E-state index is -0.797. The zero-order chi connectivity index (χ0) is 22.1. The maximum atomic E-state index is 13.0. The number of carbonyl (C=O) groups excluding carboxylic acids is 3. The first-order chi connectivity index (χ1) is 14.3. The average Bonchev–Trinajstić information content (AvgIpc) is 2.73. The minimum Gasteiger partial charge on any atom is -0.341 e. The van der Waals surface area contributed by atoms with Gasteiger partial charge in [-0.1, -0.05) is 44.2 Å². The third kappa shape index (κ3) is 6.44. The van der Waals surface area contributed by atoms with E-state index in [0.29, 0.717) is 36.3 Å². The number of rotatable bonds is 9. The maximum Gasteiger partial charge on any atom is 0.253 e. The predicted octanol–water partition coefficient (Wildman–Crippen LogP) is 4.01. The van der Waals surface area contributed by atoms with Gasteiger partial charge >= 0.3 is 0 Å². The summed E-state index contributed by atoms with van der Waals surface area (Å²) < 4.78 is 0. The molecule has 0 aromatic heterocycles. The summed E-state index contributed by atoms with van der Waals surface area (Å²) in [6.45, 7) is 9.07. The molecule has 160 valence electrons.